The molecular formula is C8H17N3O. The molecule has 1 amide bonds. The van der Waals surface area contributed by atoms with Gasteiger partial charge in [-0.1, -0.05) is 6.92 Å². The maximum absolute atomic E-state index is 10.9. The largest absolute Gasteiger partial charge is 0.368 e. The summed E-state index contributed by atoms with van der Waals surface area (Å²) in [5.41, 5.74) is 10.8. The van der Waals surface area contributed by atoms with Gasteiger partial charge in [0.05, 0.1) is 6.04 Å². The third-order valence-electron chi connectivity index (χ3n) is 2.60. The van der Waals surface area contributed by atoms with Gasteiger partial charge in [0.25, 0.3) is 0 Å². The van der Waals surface area contributed by atoms with Crippen molar-refractivity contribution in [1.82, 2.24) is 4.90 Å². The summed E-state index contributed by atoms with van der Waals surface area (Å²) in [4.78, 5) is 13.0. The number of carbonyl (C=O) groups excluding carboxylic acids is 1. The SMILES string of the molecule is CCC(CN)N1CCC1C(N)=O. The van der Waals surface area contributed by atoms with E-state index in [1.54, 1.807) is 0 Å². The molecule has 4 N–H and O–H groups in total. The minimum Gasteiger partial charge on any atom is -0.368 e. The van der Waals surface area contributed by atoms with Crippen LogP contribution in [0.4, 0.5) is 0 Å². The maximum atomic E-state index is 10.9. The lowest BCUT2D eigenvalue weighted by atomic mass is 9.98. The number of rotatable bonds is 4. The van der Waals surface area contributed by atoms with Crippen LogP contribution in [-0.2, 0) is 4.79 Å². The fraction of sp³-hybridized carbons (Fsp3) is 0.875. The Morgan fingerprint density at radius 3 is 2.67 bits per heavy atom. The van der Waals surface area contributed by atoms with Crippen molar-refractivity contribution >= 4 is 5.91 Å². The molecule has 12 heavy (non-hydrogen) atoms. The lowest BCUT2D eigenvalue weighted by molar-refractivity contribution is -0.129. The Morgan fingerprint density at radius 2 is 2.42 bits per heavy atom. The quantitative estimate of drug-likeness (QED) is 0.586. The molecule has 0 aromatic heterocycles. The molecule has 1 saturated heterocycles. The van der Waals surface area contributed by atoms with E-state index < -0.39 is 0 Å². The first-order valence-corrected chi connectivity index (χ1v) is 4.45. The van der Waals surface area contributed by atoms with Gasteiger partial charge in [0.15, 0.2) is 0 Å². The zero-order valence-corrected chi connectivity index (χ0v) is 7.49. The van der Waals surface area contributed by atoms with Gasteiger partial charge in [-0.05, 0) is 12.8 Å². The standard InChI is InChI=1S/C8H17N3O/c1-2-6(5-9)11-4-3-7(11)8(10)12/h6-7H,2-5,9H2,1H3,(H2,10,12). The Morgan fingerprint density at radius 1 is 1.75 bits per heavy atom. The highest BCUT2D eigenvalue weighted by molar-refractivity contribution is 5.80. The third-order valence-corrected chi connectivity index (χ3v) is 2.60. The van der Waals surface area contributed by atoms with E-state index in [0.717, 1.165) is 19.4 Å². The average Bonchev–Trinajstić information content (AvgIpc) is 1.96. The van der Waals surface area contributed by atoms with E-state index in [-0.39, 0.29) is 11.9 Å². The minimum atomic E-state index is -0.215. The van der Waals surface area contributed by atoms with Gasteiger partial charge in [-0.15, -0.1) is 0 Å². The van der Waals surface area contributed by atoms with Crippen LogP contribution in [0.25, 0.3) is 0 Å². The smallest absolute Gasteiger partial charge is 0.234 e. The predicted octanol–water partition coefficient (Wildman–Crippen LogP) is -0.717. The van der Waals surface area contributed by atoms with E-state index in [0.29, 0.717) is 12.6 Å². The highest BCUT2D eigenvalue weighted by atomic mass is 16.1. The molecule has 1 rings (SSSR count). The van der Waals surface area contributed by atoms with Crippen LogP contribution in [0, 0.1) is 0 Å². The normalized spacial score (nSPS) is 26.3. The average molecular weight is 171 g/mol. The number of amides is 1. The summed E-state index contributed by atoms with van der Waals surface area (Å²) in [5.74, 6) is -0.215. The van der Waals surface area contributed by atoms with Crippen LogP contribution >= 0.6 is 0 Å². The molecule has 4 heteroatoms. The first-order valence-electron chi connectivity index (χ1n) is 4.45. The lowest BCUT2D eigenvalue weighted by Gasteiger charge is -2.43. The zero-order chi connectivity index (χ0) is 9.14. The second kappa shape index (κ2) is 3.87. The van der Waals surface area contributed by atoms with Crippen LogP contribution in [0.15, 0.2) is 0 Å². The first kappa shape index (κ1) is 9.48. The molecule has 0 aromatic rings. The van der Waals surface area contributed by atoms with Gasteiger partial charge >= 0.3 is 0 Å². The molecule has 1 aliphatic rings. The number of nitrogens with two attached hydrogens (primary N) is 2. The summed E-state index contributed by atoms with van der Waals surface area (Å²) in [6, 6.07) is 0.273. The van der Waals surface area contributed by atoms with Crippen molar-refractivity contribution in [1.29, 1.82) is 0 Å². The van der Waals surface area contributed by atoms with Crippen molar-refractivity contribution in [3.8, 4) is 0 Å². The number of likely N-dealkylation sites (tertiary alicyclic amines) is 1. The number of hydrogen-bond acceptors (Lipinski definition) is 3. The molecular weight excluding hydrogens is 154 g/mol. The van der Waals surface area contributed by atoms with Gasteiger partial charge in [-0.2, -0.15) is 0 Å². The molecule has 1 aliphatic heterocycles. The Hall–Kier alpha value is -0.610. The summed E-state index contributed by atoms with van der Waals surface area (Å²) in [6.45, 7) is 3.65. The second-order valence-electron chi connectivity index (χ2n) is 3.24. The molecule has 2 unspecified atom stereocenters. The molecule has 0 aliphatic carbocycles. The Bertz CT molecular complexity index is 168. The summed E-state index contributed by atoms with van der Waals surface area (Å²) >= 11 is 0. The molecule has 70 valence electrons. The summed E-state index contributed by atoms with van der Waals surface area (Å²) in [7, 11) is 0. The van der Waals surface area contributed by atoms with Crippen molar-refractivity contribution in [3.63, 3.8) is 0 Å². The van der Waals surface area contributed by atoms with Crippen molar-refractivity contribution in [2.75, 3.05) is 13.1 Å². The van der Waals surface area contributed by atoms with E-state index in [1.807, 2.05) is 0 Å². The molecule has 0 aromatic carbocycles. The van der Waals surface area contributed by atoms with Crippen LogP contribution in [0.3, 0.4) is 0 Å². The summed E-state index contributed by atoms with van der Waals surface area (Å²) in [5, 5.41) is 0. The van der Waals surface area contributed by atoms with Crippen molar-refractivity contribution in [2.45, 2.75) is 31.8 Å². The zero-order valence-electron chi connectivity index (χ0n) is 7.49. The lowest BCUT2D eigenvalue weighted by Crippen LogP contribution is -2.60. The summed E-state index contributed by atoms with van der Waals surface area (Å²) in [6.07, 6.45) is 1.88. The van der Waals surface area contributed by atoms with E-state index in [2.05, 4.69) is 11.8 Å². The van der Waals surface area contributed by atoms with Crippen molar-refractivity contribution in [2.24, 2.45) is 11.5 Å². The van der Waals surface area contributed by atoms with Crippen LogP contribution in [0.5, 0.6) is 0 Å². The molecule has 0 bridgehead atoms. The van der Waals surface area contributed by atoms with Crippen LogP contribution in [0.2, 0.25) is 0 Å². The van der Waals surface area contributed by atoms with Gasteiger partial charge in [-0.3, -0.25) is 9.69 Å². The minimum absolute atomic E-state index is 0.0569. The van der Waals surface area contributed by atoms with Crippen molar-refractivity contribution < 1.29 is 4.79 Å². The van der Waals surface area contributed by atoms with Gasteiger partial charge in [-0.25, -0.2) is 0 Å². The van der Waals surface area contributed by atoms with Gasteiger partial charge in [0.2, 0.25) is 5.91 Å². The number of carbonyl (C=O) groups is 1. The van der Waals surface area contributed by atoms with E-state index in [1.165, 1.54) is 0 Å². The van der Waals surface area contributed by atoms with E-state index in [9.17, 15) is 4.79 Å². The highest BCUT2D eigenvalue weighted by Crippen LogP contribution is 2.21. The Labute approximate surface area is 72.9 Å². The molecule has 2 atom stereocenters. The third kappa shape index (κ3) is 1.59. The topological polar surface area (TPSA) is 72.3 Å². The van der Waals surface area contributed by atoms with Crippen LogP contribution in [0.1, 0.15) is 19.8 Å². The van der Waals surface area contributed by atoms with Gasteiger partial charge in [0.1, 0.15) is 0 Å². The fourth-order valence-corrected chi connectivity index (χ4v) is 1.69. The van der Waals surface area contributed by atoms with Crippen LogP contribution < -0.4 is 11.5 Å². The molecule has 0 spiro atoms. The Balaban J connectivity index is 2.46. The molecule has 0 saturated carbocycles. The van der Waals surface area contributed by atoms with Crippen LogP contribution in [-0.4, -0.2) is 36.0 Å². The molecule has 1 fully saturated rings. The van der Waals surface area contributed by atoms with E-state index >= 15 is 0 Å². The number of nitrogens with zero attached hydrogens (tertiary/aromatic N) is 1. The predicted molar refractivity (Wildman–Crippen MR) is 47.4 cm³/mol. The van der Waals surface area contributed by atoms with Gasteiger partial charge < -0.3 is 11.5 Å². The highest BCUT2D eigenvalue weighted by Gasteiger charge is 2.35. The number of primary amides is 1. The molecule has 0 radical (unpaired) electrons. The second-order valence-corrected chi connectivity index (χ2v) is 3.24. The number of hydrogen-bond donors (Lipinski definition) is 2. The molecule has 4 nitrogen and oxygen atoms in total. The first-order chi connectivity index (χ1) is 5.70. The summed E-state index contributed by atoms with van der Waals surface area (Å²) < 4.78 is 0. The monoisotopic (exact) mass is 171 g/mol. The Kier molecular flexibility index (Phi) is 3.05. The van der Waals surface area contributed by atoms with Gasteiger partial charge in [0, 0.05) is 19.1 Å². The van der Waals surface area contributed by atoms with Crippen molar-refractivity contribution in [3.05, 3.63) is 0 Å². The fourth-order valence-electron chi connectivity index (χ4n) is 1.69. The van der Waals surface area contributed by atoms with E-state index in [4.69, 9.17) is 11.5 Å². The molecule has 1 heterocycles. The maximum Gasteiger partial charge on any atom is 0.234 e.